The number of carboxylic acids is 1. The lowest BCUT2D eigenvalue weighted by Crippen LogP contribution is -2.21. The maximum absolute atomic E-state index is 10.5. The normalized spacial score (nSPS) is 10.5. The number of H-pyrrole nitrogens is 1. The fourth-order valence-corrected chi connectivity index (χ4v) is 1.26. The highest BCUT2D eigenvalue weighted by Crippen LogP contribution is 2.12. The molecule has 0 atom stereocenters. The van der Waals surface area contributed by atoms with Crippen molar-refractivity contribution >= 4 is 17.0 Å². The number of rotatable bonds is 1. The second-order valence-corrected chi connectivity index (χ2v) is 2.84. The van der Waals surface area contributed by atoms with Crippen LogP contribution < -0.4 is 5.11 Å². The summed E-state index contributed by atoms with van der Waals surface area (Å²) in [6, 6.07) is 4.66. The van der Waals surface area contributed by atoms with Crippen LogP contribution in [0.2, 0.25) is 0 Å². The summed E-state index contributed by atoms with van der Waals surface area (Å²) in [6.07, 6.45) is 0. The van der Waals surface area contributed by atoms with Crippen LogP contribution in [0.1, 0.15) is 16.2 Å². The number of carbonyl (C=O) groups is 1. The van der Waals surface area contributed by atoms with E-state index in [-0.39, 0.29) is 5.56 Å². The van der Waals surface area contributed by atoms with E-state index in [9.17, 15) is 9.90 Å². The van der Waals surface area contributed by atoms with Gasteiger partial charge in [-0.2, -0.15) is 0 Å². The van der Waals surface area contributed by atoms with E-state index in [0.29, 0.717) is 0 Å². The number of nitrogens with one attached hydrogen (secondary N) is 1. The van der Waals surface area contributed by atoms with Gasteiger partial charge in [0, 0.05) is 0 Å². The SMILES string of the molecule is Cc1nc2ccc(C(=O)[O-])cc2[nH]1. The predicted octanol–water partition coefficient (Wildman–Crippen LogP) is 0.235. The molecule has 0 fully saturated rings. The zero-order valence-electron chi connectivity index (χ0n) is 7.00. The quantitative estimate of drug-likeness (QED) is 0.674. The Labute approximate surface area is 74.2 Å². The van der Waals surface area contributed by atoms with Crippen LogP contribution in [0.5, 0.6) is 0 Å². The van der Waals surface area contributed by atoms with Crippen molar-refractivity contribution in [2.75, 3.05) is 0 Å². The Bertz CT molecular complexity index is 473. The maximum Gasteiger partial charge on any atom is 0.104 e. The average molecular weight is 175 g/mol. The lowest BCUT2D eigenvalue weighted by molar-refractivity contribution is -0.255. The van der Waals surface area contributed by atoms with Gasteiger partial charge in [0.05, 0.1) is 17.0 Å². The molecule has 13 heavy (non-hydrogen) atoms. The van der Waals surface area contributed by atoms with Crippen molar-refractivity contribution in [2.24, 2.45) is 0 Å². The van der Waals surface area contributed by atoms with Crippen molar-refractivity contribution in [1.29, 1.82) is 0 Å². The number of aromatic amines is 1. The van der Waals surface area contributed by atoms with Crippen LogP contribution in [-0.2, 0) is 0 Å². The molecule has 0 bridgehead atoms. The number of imidazole rings is 1. The first kappa shape index (κ1) is 7.79. The van der Waals surface area contributed by atoms with E-state index in [2.05, 4.69) is 9.97 Å². The van der Waals surface area contributed by atoms with Gasteiger partial charge in [-0.05, 0) is 24.6 Å². The van der Waals surface area contributed by atoms with Crippen molar-refractivity contribution < 1.29 is 9.90 Å². The second-order valence-electron chi connectivity index (χ2n) is 2.84. The number of aromatic carboxylic acids is 1. The van der Waals surface area contributed by atoms with E-state index in [1.807, 2.05) is 6.92 Å². The number of fused-ring (bicyclic) bond motifs is 1. The summed E-state index contributed by atoms with van der Waals surface area (Å²) >= 11 is 0. The molecule has 2 rings (SSSR count). The molecule has 0 saturated heterocycles. The second kappa shape index (κ2) is 2.58. The molecule has 0 aliphatic heterocycles. The van der Waals surface area contributed by atoms with Gasteiger partial charge in [0.2, 0.25) is 0 Å². The van der Waals surface area contributed by atoms with Gasteiger partial charge in [-0.15, -0.1) is 0 Å². The summed E-state index contributed by atoms with van der Waals surface area (Å²) in [5.74, 6) is -0.403. The summed E-state index contributed by atoms with van der Waals surface area (Å²) in [5.41, 5.74) is 1.65. The minimum atomic E-state index is -1.17. The Morgan fingerprint density at radius 2 is 2.31 bits per heavy atom. The summed E-state index contributed by atoms with van der Waals surface area (Å²) < 4.78 is 0. The number of nitrogens with zero attached hydrogens (tertiary/aromatic N) is 1. The third-order valence-corrected chi connectivity index (χ3v) is 1.84. The number of carbonyl (C=O) groups excluding carboxylic acids is 1. The van der Waals surface area contributed by atoms with Crippen LogP contribution in [0.4, 0.5) is 0 Å². The molecule has 0 unspecified atom stereocenters. The zero-order chi connectivity index (χ0) is 9.42. The zero-order valence-corrected chi connectivity index (χ0v) is 7.00. The first-order valence-electron chi connectivity index (χ1n) is 3.84. The van der Waals surface area contributed by atoms with Gasteiger partial charge in [-0.1, -0.05) is 6.07 Å². The van der Waals surface area contributed by atoms with Crippen LogP contribution in [-0.4, -0.2) is 15.9 Å². The Kier molecular flexibility index (Phi) is 1.55. The molecule has 1 heterocycles. The van der Waals surface area contributed by atoms with Gasteiger partial charge in [0.25, 0.3) is 0 Å². The monoisotopic (exact) mass is 175 g/mol. The smallest absolute Gasteiger partial charge is 0.104 e. The maximum atomic E-state index is 10.5. The van der Waals surface area contributed by atoms with E-state index in [1.54, 1.807) is 6.07 Å². The van der Waals surface area contributed by atoms with Crippen LogP contribution in [0.15, 0.2) is 18.2 Å². The Morgan fingerprint density at radius 3 is 3.00 bits per heavy atom. The van der Waals surface area contributed by atoms with Crippen molar-refractivity contribution in [3.63, 3.8) is 0 Å². The number of aryl methyl sites for hydroxylation is 1. The molecule has 1 aromatic heterocycles. The summed E-state index contributed by atoms with van der Waals surface area (Å²) in [7, 11) is 0. The molecule has 0 aliphatic rings. The molecule has 0 aliphatic carbocycles. The fraction of sp³-hybridized carbons (Fsp3) is 0.111. The number of aromatic nitrogens is 2. The molecule has 2 aromatic rings. The number of benzene rings is 1. The lowest BCUT2D eigenvalue weighted by atomic mass is 10.2. The molecule has 1 aromatic carbocycles. The summed E-state index contributed by atoms with van der Waals surface area (Å²) in [4.78, 5) is 17.6. The van der Waals surface area contributed by atoms with Gasteiger partial charge in [0.15, 0.2) is 0 Å². The summed E-state index contributed by atoms with van der Waals surface area (Å²) in [5, 5.41) is 10.5. The molecule has 0 spiro atoms. The van der Waals surface area contributed by atoms with E-state index in [1.165, 1.54) is 12.1 Å². The Morgan fingerprint density at radius 1 is 1.54 bits per heavy atom. The van der Waals surface area contributed by atoms with Gasteiger partial charge in [-0.3, -0.25) is 0 Å². The van der Waals surface area contributed by atoms with Crippen molar-refractivity contribution in [3.05, 3.63) is 29.6 Å². The number of carboxylic acid groups (broad SMARTS) is 1. The molecular formula is C9H7N2O2-. The largest absolute Gasteiger partial charge is 0.545 e. The minimum Gasteiger partial charge on any atom is -0.545 e. The van der Waals surface area contributed by atoms with E-state index in [4.69, 9.17) is 0 Å². The van der Waals surface area contributed by atoms with E-state index in [0.717, 1.165) is 16.9 Å². The fourth-order valence-electron chi connectivity index (χ4n) is 1.26. The molecular weight excluding hydrogens is 168 g/mol. The topological polar surface area (TPSA) is 68.8 Å². The van der Waals surface area contributed by atoms with Gasteiger partial charge >= 0.3 is 0 Å². The number of hydrogen-bond acceptors (Lipinski definition) is 3. The lowest BCUT2D eigenvalue weighted by Gasteiger charge is -1.99. The first-order chi connectivity index (χ1) is 6.16. The van der Waals surface area contributed by atoms with Crippen LogP contribution in [0, 0.1) is 6.92 Å². The first-order valence-corrected chi connectivity index (χ1v) is 3.84. The molecule has 4 heteroatoms. The molecule has 1 N–H and O–H groups in total. The Hall–Kier alpha value is -1.84. The van der Waals surface area contributed by atoms with Gasteiger partial charge < -0.3 is 14.9 Å². The highest BCUT2D eigenvalue weighted by Gasteiger charge is 2.00. The minimum absolute atomic E-state index is 0.163. The number of hydrogen-bond donors (Lipinski definition) is 1. The molecule has 0 saturated carbocycles. The van der Waals surface area contributed by atoms with E-state index >= 15 is 0 Å². The third-order valence-electron chi connectivity index (χ3n) is 1.84. The summed E-state index contributed by atoms with van der Waals surface area (Å²) in [6.45, 7) is 1.82. The molecule has 0 radical (unpaired) electrons. The van der Waals surface area contributed by atoms with E-state index < -0.39 is 5.97 Å². The van der Waals surface area contributed by atoms with Crippen molar-refractivity contribution in [1.82, 2.24) is 9.97 Å². The van der Waals surface area contributed by atoms with Crippen molar-refractivity contribution in [3.8, 4) is 0 Å². The third kappa shape index (κ3) is 1.26. The van der Waals surface area contributed by atoms with Gasteiger partial charge in [0.1, 0.15) is 5.82 Å². The highest BCUT2D eigenvalue weighted by molar-refractivity contribution is 5.90. The Balaban J connectivity index is 2.67. The van der Waals surface area contributed by atoms with Crippen LogP contribution in [0.25, 0.3) is 11.0 Å². The van der Waals surface area contributed by atoms with Crippen LogP contribution in [0.3, 0.4) is 0 Å². The average Bonchev–Trinajstić information content (AvgIpc) is 2.42. The van der Waals surface area contributed by atoms with Crippen molar-refractivity contribution in [2.45, 2.75) is 6.92 Å². The highest BCUT2D eigenvalue weighted by atomic mass is 16.4. The van der Waals surface area contributed by atoms with Gasteiger partial charge in [-0.25, -0.2) is 4.98 Å². The predicted molar refractivity (Wildman–Crippen MR) is 45.2 cm³/mol. The molecule has 4 nitrogen and oxygen atoms in total. The molecule has 0 amide bonds. The standard InChI is InChI=1S/C9H8N2O2/c1-5-10-7-3-2-6(9(12)13)4-8(7)11-5/h2-4H,1H3,(H,10,11)(H,12,13)/p-1. The van der Waals surface area contributed by atoms with Crippen LogP contribution >= 0.6 is 0 Å². The molecule has 66 valence electrons.